The molecule has 3 aromatic rings. The second kappa shape index (κ2) is 7.41. The Balaban J connectivity index is 0.00000100. The molecule has 3 rings (SSSR count). The topological polar surface area (TPSA) is 89.5 Å². The van der Waals surface area contributed by atoms with Crippen molar-refractivity contribution >= 4 is 28.7 Å². The lowest BCUT2D eigenvalue weighted by atomic mass is 10.2. The molecule has 0 fully saturated rings. The van der Waals surface area contributed by atoms with Crippen LogP contribution in [0.15, 0.2) is 48.8 Å². The van der Waals surface area contributed by atoms with E-state index in [-0.39, 0.29) is 11.7 Å². The monoisotopic (exact) mass is 324 g/mol. The molecule has 0 radical (unpaired) electrons. The Morgan fingerprint density at radius 1 is 1.04 bits per heavy atom. The number of hydrogen-bond donors (Lipinski definition) is 2. The van der Waals surface area contributed by atoms with E-state index in [2.05, 4.69) is 10.3 Å². The van der Waals surface area contributed by atoms with Gasteiger partial charge in [0.25, 0.3) is 5.91 Å². The third-order valence-electron chi connectivity index (χ3n) is 3.24. The zero-order chi connectivity index (χ0) is 17.7. The molecule has 24 heavy (non-hydrogen) atoms. The number of carbonyl (C=O) groups is 2. The first-order valence-electron chi connectivity index (χ1n) is 7.69. The normalized spacial score (nSPS) is 9.96. The van der Waals surface area contributed by atoms with Crippen LogP contribution in [0.2, 0.25) is 0 Å². The molecule has 2 heterocycles. The summed E-state index contributed by atoms with van der Waals surface area (Å²) in [5.74, 6) is -0.331. The van der Waals surface area contributed by atoms with Crippen molar-refractivity contribution in [3.63, 3.8) is 0 Å². The summed E-state index contributed by atoms with van der Waals surface area (Å²) in [7, 11) is 0. The number of ketones is 1. The van der Waals surface area contributed by atoms with Crippen LogP contribution in [0.5, 0.6) is 0 Å². The smallest absolute Gasteiger partial charge is 0.255 e. The van der Waals surface area contributed by atoms with Gasteiger partial charge in [0.1, 0.15) is 11.3 Å². The van der Waals surface area contributed by atoms with Gasteiger partial charge < -0.3 is 15.5 Å². The highest BCUT2D eigenvalue weighted by Crippen LogP contribution is 2.14. The highest BCUT2D eigenvalue weighted by Gasteiger charge is 2.09. The van der Waals surface area contributed by atoms with E-state index in [9.17, 15) is 9.59 Å². The molecular formula is C18H20N4O2. The minimum Gasteiger partial charge on any atom is -0.399 e. The van der Waals surface area contributed by atoms with E-state index >= 15 is 0 Å². The summed E-state index contributed by atoms with van der Waals surface area (Å²) in [4.78, 5) is 27.7. The van der Waals surface area contributed by atoms with E-state index in [1.54, 1.807) is 53.2 Å². The van der Waals surface area contributed by atoms with Gasteiger partial charge in [0.05, 0.1) is 5.69 Å². The first-order valence-corrected chi connectivity index (χ1v) is 7.69. The molecule has 1 aromatic carbocycles. The minimum absolute atomic E-state index is 0.101. The van der Waals surface area contributed by atoms with Crippen molar-refractivity contribution < 1.29 is 9.59 Å². The van der Waals surface area contributed by atoms with Crippen LogP contribution in [-0.2, 0) is 0 Å². The van der Waals surface area contributed by atoms with Gasteiger partial charge in [0.2, 0.25) is 0 Å². The second-order valence-corrected chi connectivity index (χ2v) is 4.94. The van der Waals surface area contributed by atoms with Crippen molar-refractivity contribution in [3.8, 4) is 0 Å². The number of amides is 1. The standard InChI is InChI=1S/C16H14N4O2.C2H6/c1-10(21)14-9-20-8-13(6-7-15(20)19-14)18-16(22)11-2-4-12(17)5-3-11;1-2/h2-9H,17H2,1H3,(H,18,22);1-2H3. The lowest BCUT2D eigenvalue weighted by Crippen LogP contribution is -2.12. The Bertz CT molecular complexity index is 866. The van der Waals surface area contributed by atoms with Gasteiger partial charge in [-0.2, -0.15) is 0 Å². The van der Waals surface area contributed by atoms with Crippen LogP contribution < -0.4 is 11.1 Å². The molecule has 6 nitrogen and oxygen atoms in total. The van der Waals surface area contributed by atoms with Gasteiger partial charge in [-0.1, -0.05) is 13.8 Å². The van der Waals surface area contributed by atoms with E-state index in [4.69, 9.17) is 5.73 Å². The fourth-order valence-corrected chi connectivity index (χ4v) is 2.07. The van der Waals surface area contributed by atoms with E-state index in [1.165, 1.54) is 6.92 Å². The summed E-state index contributed by atoms with van der Waals surface area (Å²) in [5.41, 5.74) is 8.37. The molecule has 3 N–H and O–H groups in total. The summed E-state index contributed by atoms with van der Waals surface area (Å²) < 4.78 is 1.70. The Kier molecular flexibility index (Phi) is 5.31. The fraction of sp³-hybridized carbons (Fsp3) is 0.167. The summed E-state index contributed by atoms with van der Waals surface area (Å²) in [6, 6.07) is 10.1. The molecular weight excluding hydrogens is 304 g/mol. The number of nitrogens with one attached hydrogen (secondary N) is 1. The number of fused-ring (bicyclic) bond motifs is 1. The number of rotatable bonds is 3. The van der Waals surface area contributed by atoms with E-state index in [0.29, 0.717) is 28.3 Å². The van der Waals surface area contributed by atoms with Gasteiger partial charge in [-0.15, -0.1) is 0 Å². The first-order chi connectivity index (χ1) is 11.5. The fourth-order valence-electron chi connectivity index (χ4n) is 2.07. The second-order valence-electron chi connectivity index (χ2n) is 4.94. The number of aromatic nitrogens is 2. The number of hydrogen-bond acceptors (Lipinski definition) is 4. The van der Waals surface area contributed by atoms with Crippen LogP contribution in [0.1, 0.15) is 41.6 Å². The number of pyridine rings is 1. The molecule has 0 aliphatic rings. The van der Waals surface area contributed by atoms with Crippen LogP contribution in [-0.4, -0.2) is 21.1 Å². The summed E-state index contributed by atoms with van der Waals surface area (Å²) in [6.45, 7) is 5.46. The average Bonchev–Trinajstić information content (AvgIpc) is 3.01. The van der Waals surface area contributed by atoms with Crippen LogP contribution >= 0.6 is 0 Å². The predicted molar refractivity (Wildman–Crippen MR) is 95.4 cm³/mol. The first kappa shape index (κ1) is 17.2. The average molecular weight is 324 g/mol. The quantitative estimate of drug-likeness (QED) is 0.571. The van der Waals surface area contributed by atoms with E-state index < -0.39 is 0 Å². The molecule has 124 valence electrons. The van der Waals surface area contributed by atoms with Crippen molar-refractivity contribution in [1.82, 2.24) is 9.38 Å². The third-order valence-corrected chi connectivity index (χ3v) is 3.24. The number of nitrogen functional groups attached to an aromatic ring is 1. The van der Waals surface area contributed by atoms with Crippen molar-refractivity contribution in [2.24, 2.45) is 0 Å². The number of carbonyl (C=O) groups excluding carboxylic acids is 2. The lowest BCUT2D eigenvalue weighted by molar-refractivity contribution is 0.100. The summed E-state index contributed by atoms with van der Waals surface area (Å²) >= 11 is 0. The molecule has 0 aliphatic carbocycles. The largest absolute Gasteiger partial charge is 0.399 e. The maximum absolute atomic E-state index is 12.1. The lowest BCUT2D eigenvalue weighted by Gasteiger charge is -2.06. The highest BCUT2D eigenvalue weighted by atomic mass is 16.1. The number of nitrogens with zero attached hydrogens (tertiary/aromatic N) is 2. The molecule has 6 heteroatoms. The van der Waals surface area contributed by atoms with Gasteiger partial charge >= 0.3 is 0 Å². The minimum atomic E-state index is -0.230. The number of nitrogens with two attached hydrogens (primary N) is 1. The van der Waals surface area contributed by atoms with Crippen LogP contribution in [0.25, 0.3) is 5.65 Å². The Hall–Kier alpha value is -3.15. The number of benzene rings is 1. The van der Waals surface area contributed by atoms with Crippen molar-refractivity contribution in [3.05, 3.63) is 60.0 Å². The molecule has 0 atom stereocenters. The van der Waals surface area contributed by atoms with Crippen molar-refractivity contribution in [1.29, 1.82) is 0 Å². The number of Topliss-reactive ketones (excluding diaryl/α,β-unsaturated/α-hetero) is 1. The molecule has 0 bridgehead atoms. The van der Waals surface area contributed by atoms with Crippen molar-refractivity contribution in [2.75, 3.05) is 11.1 Å². The highest BCUT2D eigenvalue weighted by molar-refractivity contribution is 6.04. The number of anilines is 2. The molecule has 0 aliphatic heterocycles. The van der Waals surface area contributed by atoms with Gasteiger partial charge in [-0.3, -0.25) is 9.59 Å². The molecule has 0 unspecified atom stereocenters. The zero-order valence-corrected chi connectivity index (χ0v) is 13.9. The van der Waals surface area contributed by atoms with Crippen molar-refractivity contribution in [2.45, 2.75) is 20.8 Å². The molecule has 2 aromatic heterocycles. The molecule has 1 amide bonds. The summed E-state index contributed by atoms with van der Waals surface area (Å²) in [6.07, 6.45) is 3.35. The van der Waals surface area contributed by atoms with E-state index in [1.807, 2.05) is 13.8 Å². The third kappa shape index (κ3) is 3.78. The van der Waals surface area contributed by atoms with Crippen LogP contribution in [0.4, 0.5) is 11.4 Å². The van der Waals surface area contributed by atoms with Crippen LogP contribution in [0.3, 0.4) is 0 Å². The molecule has 0 saturated heterocycles. The maximum atomic E-state index is 12.1. The zero-order valence-electron chi connectivity index (χ0n) is 13.9. The van der Waals surface area contributed by atoms with Gasteiger partial charge in [-0.05, 0) is 36.4 Å². The maximum Gasteiger partial charge on any atom is 0.255 e. The summed E-state index contributed by atoms with van der Waals surface area (Å²) in [5, 5.41) is 2.80. The molecule has 0 spiro atoms. The Labute approximate surface area is 140 Å². The van der Waals surface area contributed by atoms with Gasteiger partial charge in [0, 0.05) is 30.6 Å². The number of imidazole rings is 1. The predicted octanol–water partition coefficient (Wildman–Crippen LogP) is 3.40. The SMILES string of the molecule is CC.CC(=O)c1cn2cc(NC(=O)c3ccc(N)cc3)ccc2n1. The van der Waals surface area contributed by atoms with Gasteiger partial charge in [0.15, 0.2) is 5.78 Å². The molecule has 0 saturated carbocycles. The van der Waals surface area contributed by atoms with Crippen LogP contribution in [0, 0.1) is 0 Å². The Morgan fingerprint density at radius 2 is 1.71 bits per heavy atom. The van der Waals surface area contributed by atoms with Gasteiger partial charge in [-0.25, -0.2) is 4.98 Å². The van der Waals surface area contributed by atoms with E-state index in [0.717, 1.165) is 0 Å². The Morgan fingerprint density at radius 3 is 2.33 bits per heavy atom.